The molecule has 12 rings (SSSR count). The van der Waals surface area contributed by atoms with Crippen LogP contribution in [0.5, 0.6) is 0 Å². The van der Waals surface area contributed by atoms with Gasteiger partial charge in [-0.3, -0.25) is 0 Å². The zero-order valence-corrected chi connectivity index (χ0v) is 32.2. The SMILES string of the molecule is c1ccc(C2=NC(c3ccc4sc5c(-c6cccc7sc8cc(-n9c%10ccccc%10c%10ccccc%109)ccc8c67)cccc5c4c3)=NC(c3ccccc3)N2)cc1. The van der Waals surface area contributed by atoms with Crippen LogP contribution in [-0.4, -0.2) is 16.2 Å². The summed E-state index contributed by atoms with van der Waals surface area (Å²) in [6.45, 7) is 0. The number of benzene rings is 8. The third kappa shape index (κ3) is 5.18. The highest BCUT2D eigenvalue weighted by molar-refractivity contribution is 7.27. The van der Waals surface area contributed by atoms with E-state index < -0.39 is 0 Å². The van der Waals surface area contributed by atoms with Gasteiger partial charge < -0.3 is 9.88 Å². The van der Waals surface area contributed by atoms with Gasteiger partial charge in [-0.05, 0) is 59.7 Å². The van der Waals surface area contributed by atoms with Crippen LogP contribution in [0, 0.1) is 0 Å². The lowest BCUT2D eigenvalue weighted by Crippen LogP contribution is -2.33. The maximum absolute atomic E-state index is 5.16. The van der Waals surface area contributed by atoms with Crippen molar-refractivity contribution in [2.24, 2.45) is 9.98 Å². The molecule has 11 aromatic rings. The third-order valence-electron chi connectivity index (χ3n) is 11.3. The summed E-state index contributed by atoms with van der Waals surface area (Å²) in [6.07, 6.45) is -0.241. The minimum Gasteiger partial charge on any atom is -0.344 e. The highest BCUT2D eigenvalue weighted by Gasteiger charge is 2.22. The second-order valence-electron chi connectivity index (χ2n) is 14.6. The standard InChI is InChI=1S/C51H32N4S2/c1-3-13-31(14-4-1)49-52-50(32-15-5-2-6-16-32)54-51(53-49)33-25-28-44-41(29-33)39-21-11-20-38(48(39)57-44)37-19-12-24-45-47(37)40-27-26-34(30-46(40)56-45)55-42-22-9-7-17-35(42)36-18-8-10-23-43(36)55/h1-30,49H,(H,52,53,54). The number of thiophene rings is 2. The molecule has 0 fully saturated rings. The molecule has 0 saturated carbocycles. The number of hydrogen-bond donors (Lipinski definition) is 1. The molecule has 0 amide bonds. The summed E-state index contributed by atoms with van der Waals surface area (Å²) in [5.41, 5.74) is 9.32. The summed E-state index contributed by atoms with van der Waals surface area (Å²) in [4.78, 5) is 10.3. The molecule has 1 aliphatic rings. The first-order valence-corrected chi connectivity index (χ1v) is 20.8. The molecule has 1 unspecified atom stereocenters. The molecular formula is C51H32N4S2. The first-order valence-electron chi connectivity index (χ1n) is 19.2. The molecule has 0 saturated heterocycles. The molecule has 1 N–H and O–H groups in total. The molecule has 57 heavy (non-hydrogen) atoms. The highest BCUT2D eigenvalue weighted by Crippen LogP contribution is 2.46. The fraction of sp³-hybridized carbons (Fsp3) is 0.0196. The van der Waals surface area contributed by atoms with E-state index in [2.05, 4.69) is 168 Å². The van der Waals surface area contributed by atoms with E-state index in [4.69, 9.17) is 9.98 Å². The Morgan fingerprint density at radius 2 is 1.18 bits per heavy atom. The van der Waals surface area contributed by atoms with E-state index in [9.17, 15) is 0 Å². The van der Waals surface area contributed by atoms with Gasteiger partial charge >= 0.3 is 0 Å². The van der Waals surface area contributed by atoms with E-state index in [0.29, 0.717) is 0 Å². The van der Waals surface area contributed by atoms with Gasteiger partial charge in [0.05, 0.1) is 11.0 Å². The van der Waals surface area contributed by atoms with E-state index in [0.717, 1.165) is 28.4 Å². The fourth-order valence-corrected chi connectivity index (χ4v) is 11.0. The number of aromatic nitrogens is 1. The summed E-state index contributed by atoms with van der Waals surface area (Å²) < 4.78 is 7.54. The zero-order chi connectivity index (χ0) is 37.5. The molecule has 3 aromatic heterocycles. The lowest BCUT2D eigenvalue weighted by atomic mass is 9.97. The van der Waals surface area contributed by atoms with Crippen LogP contribution in [0.1, 0.15) is 22.9 Å². The van der Waals surface area contributed by atoms with E-state index in [1.807, 2.05) is 46.9 Å². The van der Waals surface area contributed by atoms with Crippen molar-refractivity contribution in [3.63, 3.8) is 0 Å². The smallest absolute Gasteiger partial charge is 0.159 e. The van der Waals surface area contributed by atoms with Crippen LogP contribution in [-0.2, 0) is 0 Å². The normalized spacial score (nSPS) is 14.5. The molecule has 4 heterocycles. The summed E-state index contributed by atoms with van der Waals surface area (Å²) >= 11 is 3.74. The Labute approximate surface area is 336 Å². The number of rotatable bonds is 5. The van der Waals surface area contributed by atoms with Crippen molar-refractivity contribution in [1.29, 1.82) is 0 Å². The molecule has 0 spiro atoms. The fourth-order valence-electron chi connectivity index (χ4n) is 8.66. The van der Waals surface area contributed by atoms with E-state index in [1.165, 1.54) is 79.0 Å². The van der Waals surface area contributed by atoms with Crippen LogP contribution >= 0.6 is 22.7 Å². The van der Waals surface area contributed by atoms with Crippen LogP contribution in [0.3, 0.4) is 0 Å². The average molecular weight is 765 g/mol. The summed E-state index contributed by atoms with van der Waals surface area (Å²) in [7, 11) is 0. The minimum atomic E-state index is -0.241. The maximum Gasteiger partial charge on any atom is 0.159 e. The van der Waals surface area contributed by atoms with Crippen molar-refractivity contribution in [1.82, 2.24) is 9.88 Å². The predicted molar refractivity (Wildman–Crippen MR) is 244 cm³/mol. The van der Waals surface area contributed by atoms with Gasteiger partial charge in [-0.25, -0.2) is 9.98 Å². The number of nitrogens with zero attached hydrogens (tertiary/aromatic N) is 3. The number of fused-ring (bicyclic) bond motifs is 9. The number of nitrogens with one attached hydrogen (secondary N) is 1. The van der Waals surface area contributed by atoms with Crippen molar-refractivity contribution in [3.05, 3.63) is 199 Å². The summed E-state index contributed by atoms with van der Waals surface area (Å²) in [6, 6.07) is 65.4. The van der Waals surface area contributed by atoms with Crippen LogP contribution in [0.4, 0.5) is 0 Å². The first-order chi connectivity index (χ1) is 28.2. The van der Waals surface area contributed by atoms with Gasteiger partial charge in [0.1, 0.15) is 12.0 Å². The Morgan fingerprint density at radius 1 is 0.474 bits per heavy atom. The predicted octanol–water partition coefficient (Wildman–Crippen LogP) is 13.7. The second-order valence-corrected chi connectivity index (χ2v) is 16.7. The molecule has 0 aliphatic carbocycles. The number of hydrogen-bond acceptors (Lipinski definition) is 5. The summed E-state index contributed by atoms with van der Waals surface area (Å²) in [5, 5.41) is 11.2. The first kappa shape index (κ1) is 32.4. The summed E-state index contributed by atoms with van der Waals surface area (Å²) in [5.74, 6) is 1.55. The average Bonchev–Trinajstić information content (AvgIpc) is 3.96. The van der Waals surface area contributed by atoms with Gasteiger partial charge in [0.2, 0.25) is 0 Å². The maximum atomic E-state index is 5.16. The highest BCUT2D eigenvalue weighted by atomic mass is 32.1. The van der Waals surface area contributed by atoms with Crippen molar-refractivity contribution < 1.29 is 0 Å². The number of amidine groups is 2. The second kappa shape index (κ2) is 12.8. The van der Waals surface area contributed by atoms with Crippen molar-refractivity contribution in [2.45, 2.75) is 6.17 Å². The molecule has 1 aliphatic heterocycles. The monoisotopic (exact) mass is 764 g/mol. The Kier molecular flexibility index (Phi) is 7.30. The van der Waals surface area contributed by atoms with Crippen LogP contribution in [0.25, 0.3) is 79.0 Å². The Hall–Kier alpha value is -6.86. The van der Waals surface area contributed by atoms with Gasteiger partial charge in [-0.1, -0.05) is 133 Å². The Morgan fingerprint density at radius 3 is 1.98 bits per heavy atom. The lowest BCUT2D eigenvalue weighted by molar-refractivity contribution is 0.674. The van der Waals surface area contributed by atoms with Gasteiger partial charge in [-0.15, -0.1) is 22.7 Å². The Balaban J connectivity index is 0.988. The topological polar surface area (TPSA) is 41.7 Å². The van der Waals surface area contributed by atoms with Gasteiger partial charge in [0.15, 0.2) is 5.84 Å². The van der Waals surface area contributed by atoms with Gasteiger partial charge in [0, 0.05) is 73.5 Å². The van der Waals surface area contributed by atoms with E-state index >= 15 is 0 Å². The van der Waals surface area contributed by atoms with Crippen molar-refractivity contribution in [3.8, 4) is 16.8 Å². The zero-order valence-electron chi connectivity index (χ0n) is 30.6. The third-order valence-corrected chi connectivity index (χ3v) is 13.6. The Bertz CT molecular complexity index is 3390. The molecule has 0 radical (unpaired) electrons. The molecule has 6 heteroatoms. The van der Waals surface area contributed by atoms with Gasteiger partial charge in [0.25, 0.3) is 0 Å². The van der Waals surface area contributed by atoms with Crippen LogP contribution < -0.4 is 5.32 Å². The molecule has 1 atom stereocenters. The largest absolute Gasteiger partial charge is 0.344 e. The molecular weight excluding hydrogens is 733 g/mol. The van der Waals surface area contributed by atoms with E-state index in [1.54, 1.807) is 0 Å². The number of aliphatic imine (C=N–C) groups is 2. The molecule has 0 bridgehead atoms. The molecule has 8 aromatic carbocycles. The van der Waals surface area contributed by atoms with Crippen molar-refractivity contribution in [2.75, 3.05) is 0 Å². The van der Waals surface area contributed by atoms with E-state index in [-0.39, 0.29) is 6.17 Å². The van der Waals surface area contributed by atoms with Crippen LogP contribution in [0.2, 0.25) is 0 Å². The number of para-hydroxylation sites is 2. The van der Waals surface area contributed by atoms with Gasteiger partial charge in [-0.2, -0.15) is 0 Å². The molecule has 268 valence electrons. The van der Waals surface area contributed by atoms with Crippen molar-refractivity contribution >= 4 is 96.5 Å². The quantitative estimate of drug-likeness (QED) is 0.186. The lowest BCUT2D eigenvalue weighted by Gasteiger charge is -2.23. The molecule has 4 nitrogen and oxygen atoms in total. The minimum absolute atomic E-state index is 0.241. The van der Waals surface area contributed by atoms with Crippen LogP contribution in [0.15, 0.2) is 192 Å².